The van der Waals surface area contributed by atoms with Crippen LogP contribution >= 0.6 is 0 Å². The van der Waals surface area contributed by atoms with Crippen LogP contribution in [-0.4, -0.2) is 48.5 Å². The van der Waals surface area contributed by atoms with E-state index in [2.05, 4.69) is 0 Å². The highest BCUT2D eigenvalue weighted by Crippen LogP contribution is 2.16. The normalized spacial score (nSPS) is 22.0. The number of aliphatic hydroxyl groups excluding tert-OH is 1. The fourth-order valence-electron chi connectivity index (χ4n) is 1.69. The van der Waals surface area contributed by atoms with Gasteiger partial charge in [0, 0.05) is 19.7 Å². The largest absolute Gasteiger partial charge is 0.405 e. The van der Waals surface area contributed by atoms with E-state index in [9.17, 15) is 18.0 Å². The fraction of sp³-hybridized carbons (Fsp3) is 0.889. The van der Waals surface area contributed by atoms with Crippen LogP contribution in [0.1, 0.15) is 12.8 Å². The number of likely N-dealkylation sites (tertiary alicyclic amines) is 1. The van der Waals surface area contributed by atoms with Crippen molar-refractivity contribution in [1.29, 1.82) is 0 Å². The van der Waals surface area contributed by atoms with Crippen LogP contribution in [0.3, 0.4) is 0 Å². The summed E-state index contributed by atoms with van der Waals surface area (Å²) in [5.74, 6) is -0.0228. The minimum absolute atomic E-state index is 0.0228. The SMILES string of the molecule is O=C(NCC(F)(F)F)N1CCCC(CO)C1. The number of urea groups is 1. The maximum absolute atomic E-state index is 11.9. The van der Waals surface area contributed by atoms with E-state index >= 15 is 0 Å². The average molecular weight is 240 g/mol. The third kappa shape index (κ3) is 4.26. The summed E-state index contributed by atoms with van der Waals surface area (Å²) in [5, 5.41) is 10.7. The summed E-state index contributed by atoms with van der Waals surface area (Å²) in [6, 6.07) is -0.713. The van der Waals surface area contributed by atoms with Gasteiger partial charge in [0.05, 0.1) is 0 Å². The second-order valence-electron chi connectivity index (χ2n) is 3.91. The van der Waals surface area contributed by atoms with Crippen molar-refractivity contribution in [3.8, 4) is 0 Å². The first-order chi connectivity index (χ1) is 7.42. The zero-order valence-electron chi connectivity index (χ0n) is 8.76. The van der Waals surface area contributed by atoms with Gasteiger partial charge in [-0.3, -0.25) is 0 Å². The first-order valence-electron chi connectivity index (χ1n) is 5.13. The van der Waals surface area contributed by atoms with Gasteiger partial charge in [-0.05, 0) is 18.8 Å². The van der Waals surface area contributed by atoms with Crippen LogP contribution in [0.15, 0.2) is 0 Å². The highest BCUT2D eigenvalue weighted by molar-refractivity contribution is 5.74. The Bertz CT molecular complexity index is 245. The molecule has 0 aromatic rings. The Kier molecular flexibility index (Phi) is 4.40. The van der Waals surface area contributed by atoms with Crippen LogP contribution in [0, 0.1) is 5.92 Å². The summed E-state index contributed by atoms with van der Waals surface area (Å²) in [5.41, 5.74) is 0. The molecule has 0 aromatic heterocycles. The molecular formula is C9H15F3N2O2. The molecule has 0 aromatic carbocycles. The lowest BCUT2D eigenvalue weighted by molar-refractivity contribution is -0.123. The van der Waals surface area contributed by atoms with E-state index in [1.54, 1.807) is 0 Å². The molecule has 0 spiro atoms. The number of piperidine rings is 1. The highest BCUT2D eigenvalue weighted by atomic mass is 19.4. The number of nitrogens with zero attached hydrogens (tertiary/aromatic N) is 1. The number of hydrogen-bond acceptors (Lipinski definition) is 2. The van der Waals surface area contributed by atoms with Gasteiger partial charge in [-0.15, -0.1) is 0 Å². The van der Waals surface area contributed by atoms with Crippen molar-refractivity contribution >= 4 is 6.03 Å². The molecule has 1 saturated heterocycles. The van der Waals surface area contributed by atoms with Crippen molar-refractivity contribution in [2.24, 2.45) is 5.92 Å². The third-order valence-electron chi connectivity index (χ3n) is 2.50. The molecule has 1 aliphatic rings. The molecule has 1 unspecified atom stereocenters. The van der Waals surface area contributed by atoms with Crippen LogP contribution in [-0.2, 0) is 0 Å². The number of hydrogen-bond donors (Lipinski definition) is 2. The van der Waals surface area contributed by atoms with E-state index in [4.69, 9.17) is 5.11 Å². The molecule has 0 saturated carbocycles. The van der Waals surface area contributed by atoms with Crippen LogP contribution in [0.25, 0.3) is 0 Å². The van der Waals surface area contributed by atoms with E-state index < -0.39 is 18.8 Å². The van der Waals surface area contributed by atoms with Gasteiger partial charge in [-0.1, -0.05) is 0 Å². The molecule has 2 N–H and O–H groups in total. The molecule has 1 fully saturated rings. The maximum Gasteiger partial charge on any atom is 0.405 e. The Morgan fingerprint density at radius 3 is 2.75 bits per heavy atom. The number of rotatable bonds is 2. The third-order valence-corrected chi connectivity index (χ3v) is 2.50. The summed E-state index contributed by atoms with van der Waals surface area (Å²) in [6.45, 7) is -0.588. The molecule has 0 bridgehead atoms. The van der Waals surface area contributed by atoms with Gasteiger partial charge in [-0.25, -0.2) is 4.79 Å². The number of aliphatic hydroxyl groups is 1. The number of carbonyl (C=O) groups is 1. The maximum atomic E-state index is 11.9. The topological polar surface area (TPSA) is 52.6 Å². The fourth-order valence-corrected chi connectivity index (χ4v) is 1.69. The van der Waals surface area contributed by atoms with E-state index in [0.29, 0.717) is 19.5 Å². The van der Waals surface area contributed by atoms with Crippen LogP contribution in [0.5, 0.6) is 0 Å². The molecular weight excluding hydrogens is 225 g/mol. The van der Waals surface area contributed by atoms with E-state index in [1.807, 2.05) is 5.32 Å². The van der Waals surface area contributed by atoms with Gasteiger partial charge >= 0.3 is 12.2 Å². The van der Waals surface area contributed by atoms with E-state index in [0.717, 1.165) is 6.42 Å². The number of nitrogens with one attached hydrogen (secondary N) is 1. The molecule has 94 valence electrons. The van der Waals surface area contributed by atoms with Crippen LogP contribution in [0.4, 0.5) is 18.0 Å². The van der Waals surface area contributed by atoms with Gasteiger partial charge in [0.15, 0.2) is 0 Å². The van der Waals surface area contributed by atoms with Crippen molar-refractivity contribution < 1.29 is 23.1 Å². The Morgan fingerprint density at radius 1 is 1.50 bits per heavy atom. The summed E-state index contributed by atoms with van der Waals surface area (Å²) in [7, 11) is 0. The molecule has 16 heavy (non-hydrogen) atoms. The highest BCUT2D eigenvalue weighted by Gasteiger charge is 2.30. The summed E-state index contributed by atoms with van der Waals surface area (Å²) in [6.07, 6.45) is -2.87. The number of alkyl halides is 3. The molecule has 0 radical (unpaired) electrons. The predicted molar refractivity (Wildman–Crippen MR) is 50.8 cm³/mol. The van der Waals surface area contributed by atoms with Crippen molar-refractivity contribution in [2.45, 2.75) is 19.0 Å². The van der Waals surface area contributed by atoms with Crippen molar-refractivity contribution in [1.82, 2.24) is 10.2 Å². The first kappa shape index (κ1) is 13.1. The Balaban J connectivity index is 2.36. The average Bonchev–Trinajstić information content (AvgIpc) is 2.25. The first-order valence-corrected chi connectivity index (χ1v) is 5.13. The molecule has 1 aliphatic heterocycles. The van der Waals surface area contributed by atoms with E-state index in [-0.39, 0.29) is 12.5 Å². The molecule has 1 atom stereocenters. The monoisotopic (exact) mass is 240 g/mol. The zero-order valence-corrected chi connectivity index (χ0v) is 8.76. The Hall–Kier alpha value is -0.980. The number of halogens is 3. The smallest absolute Gasteiger partial charge is 0.396 e. The lowest BCUT2D eigenvalue weighted by Crippen LogP contribution is -2.48. The van der Waals surface area contributed by atoms with Crippen LogP contribution < -0.4 is 5.32 Å². The standard InChI is InChI=1S/C9H15F3N2O2/c10-9(11,12)6-13-8(16)14-3-1-2-7(4-14)5-15/h7,15H,1-6H2,(H,13,16). The Morgan fingerprint density at radius 2 is 2.19 bits per heavy atom. The molecule has 1 heterocycles. The summed E-state index contributed by atoms with van der Waals surface area (Å²) < 4.78 is 35.6. The second-order valence-corrected chi connectivity index (χ2v) is 3.91. The van der Waals surface area contributed by atoms with Gasteiger partial charge in [0.2, 0.25) is 0 Å². The van der Waals surface area contributed by atoms with Crippen molar-refractivity contribution in [3.63, 3.8) is 0 Å². The minimum atomic E-state index is -4.39. The van der Waals surface area contributed by atoms with Crippen LogP contribution in [0.2, 0.25) is 0 Å². The quantitative estimate of drug-likeness (QED) is 0.755. The number of amides is 2. The Labute approximate surface area is 91.4 Å². The van der Waals surface area contributed by atoms with Gasteiger partial charge < -0.3 is 15.3 Å². The van der Waals surface area contributed by atoms with E-state index in [1.165, 1.54) is 4.90 Å². The van der Waals surface area contributed by atoms with Crippen molar-refractivity contribution in [3.05, 3.63) is 0 Å². The molecule has 7 heteroatoms. The lowest BCUT2D eigenvalue weighted by Gasteiger charge is -2.31. The van der Waals surface area contributed by atoms with Gasteiger partial charge in [0.1, 0.15) is 6.54 Å². The molecule has 1 rings (SSSR count). The van der Waals surface area contributed by atoms with Crippen molar-refractivity contribution in [2.75, 3.05) is 26.2 Å². The van der Waals surface area contributed by atoms with Gasteiger partial charge in [0.25, 0.3) is 0 Å². The van der Waals surface area contributed by atoms with Gasteiger partial charge in [-0.2, -0.15) is 13.2 Å². The zero-order chi connectivity index (χ0) is 12.2. The second kappa shape index (κ2) is 5.38. The molecule has 0 aliphatic carbocycles. The summed E-state index contributed by atoms with van der Waals surface area (Å²) >= 11 is 0. The molecule has 2 amide bonds. The molecule has 4 nitrogen and oxygen atoms in total. The predicted octanol–water partition coefficient (Wildman–Crippen LogP) is 0.963. The number of carbonyl (C=O) groups excluding carboxylic acids is 1. The minimum Gasteiger partial charge on any atom is -0.396 e. The lowest BCUT2D eigenvalue weighted by atomic mass is 9.99. The summed E-state index contributed by atoms with van der Waals surface area (Å²) in [4.78, 5) is 12.7.